The van der Waals surface area contributed by atoms with E-state index in [1.807, 2.05) is 0 Å². The summed E-state index contributed by atoms with van der Waals surface area (Å²) in [6.45, 7) is 2.96. The predicted octanol–water partition coefficient (Wildman–Crippen LogP) is 0.965. The Balaban J connectivity index is 2.33. The van der Waals surface area contributed by atoms with E-state index in [1.165, 1.54) is 12.3 Å². The van der Waals surface area contributed by atoms with Gasteiger partial charge in [0.25, 0.3) is 0 Å². The Labute approximate surface area is 83.6 Å². The first kappa shape index (κ1) is 11.1. The zero-order chi connectivity index (χ0) is 10.4. The van der Waals surface area contributed by atoms with Crippen molar-refractivity contribution in [2.75, 3.05) is 20.3 Å². The lowest BCUT2D eigenvalue weighted by Gasteiger charge is -2.16. The number of ether oxygens (including phenoxy) is 2. The van der Waals surface area contributed by atoms with E-state index in [2.05, 4.69) is 4.99 Å². The summed E-state index contributed by atoms with van der Waals surface area (Å²) in [6.07, 6.45) is 3.25. The van der Waals surface area contributed by atoms with Crippen LogP contribution in [0.2, 0.25) is 0 Å². The molecule has 1 aliphatic heterocycles. The Hall–Kier alpha value is -1.00. The first-order chi connectivity index (χ1) is 6.75. The second-order valence-corrected chi connectivity index (χ2v) is 3.09. The summed E-state index contributed by atoms with van der Waals surface area (Å²) in [5.41, 5.74) is 0.718. The minimum atomic E-state index is -0.489. The SMILES string of the molecule is COCCCOC1C(=O)C=CN=C1C. The molecule has 0 radical (unpaired) electrons. The molecule has 1 heterocycles. The average Bonchev–Trinajstić information content (AvgIpc) is 2.16. The van der Waals surface area contributed by atoms with Crippen molar-refractivity contribution in [1.29, 1.82) is 0 Å². The molecule has 0 aromatic heterocycles. The molecule has 78 valence electrons. The summed E-state index contributed by atoms with van der Waals surface area (Å²) in [7, 11) is 1.64. The number of rotatable bonds is 5. The van der Waals surface area contributed by atoms with Gasteiger partial charge in [-0.25, -0.2) is 0 Å². The molecule has 0 fully saturated rings. The fourth-order valence-electron chi connectivity index (χ4n) is 1.20. The number of methoxy groups -OCH3 is 1. The zero-order valence-electron chi connectivity index (χ0n) is 8.53. The van der Waals surface area contributed by atoms with Crippen LogP contribution in [0.25, 0.3) is 0 Å². The number of nitrogens with zero attached hydrogens (tertiary/aromatic N) is 1. The third kappa shape index (κ3) is 3.05. The topological polar surface area (TPSA) is 47.9 Å². The molecule has 0 spiro atoms. The fraction of sp³-hybridized carbons (Fsp3) is 0.600. The van der Waals surface area contributed by atoms with Gasteiger partial charge in [0, 0.05) is 26.0 Å². The molecule has 0 saturated carbocycles. The van der Waals surface area contributed by atoms with Crippen LogP contribution in [0.3, 0.4) is 0 Å². The Bertz CT molecular complexity index is 258. The van der Waals surface area contributed by atoms with Crippen molar-refractivity contribution >= 4 is 11.5 Å². The van der Waals surface area contributed by atoms with Gasteiger partial charge in [-0.15, -0.1) is 0 Å². The lowest BCUT2D eigenvalue weighted by molar-refractivity contribution is -0.122. The van der Waals surface area contributed by atoms with Crippen molar-refractivity contribution in [3.05, 3.63) is 12.3 Å². The first-order valence-electron chi connectivity index (χ1n) is 4.61. The Kier molecular flexibility index (Phi) is 4.49. The minimum Gasteiger partial charge on any atom is -0.385 e. The molecule has 1 unspecified atom stereocenters. The molecule has 0 aromatic rings. The van der Waals surface area contributed by atoms with Gasteiger partial charge in [-0.2, -0.15) is 0 Å². The molecule has 4 nitrogen and oxygen atoms in total. The van der Waals surface area contributed by atoms with Gasteiger partial charge < -0.3 is 9.47 Å². The summed E-state index contributed by atoms with van der Waals surface area (Å²) in [5, 5.41) is 0. The molecule has 0 aromatic carbocycles. The van der Waals surface area contributed by atoms with E-state index in [0.717, 1.165) is 12.1 Å². The highest BCUT2D eigenvalue weighted by Crippen LogP contribution is 2.05. The van der Waals surface area contributed by atoms with Crippen LogP contribution >= 0.6 is 0 Å². The zero-order valence-corrected chi connectivity index (χ0v) is 8.53. The maximum absolute atomic E-state index is 11.3. The summed E-state index contributed by atoms with van der Waals surface area (Å²) in [4.78, 5) is 15.4. The van der Waals surface area contributed by atoms with Gasteiger partial charge in [-0.3, -0.25) is 9.79 Å². The highest BCUT2D eigenvalue weighted by atomic mass is 16.5. The van der Waals surface area contributed by atoms with Gasteiger partial charge in [0.15, 0.2) is 11.9 Å². The molecular weight excluding hydrogens is 182 g/mol. The van der Waals surface area contributed by atoms with Gasteiger partial charge in [0.1, 0.15) is 0 Å². The van der Waals surface area contributed by atoms with E-state index in [9.17, 15) is 4.79 Å². The van der Waals surface area contributed by atoms with E-state index >= 15 is 0 Å². The number of carbonyl (C=O) groups excluding carboxylic acids is 1. The van der Waals surface area contributed by atoms with Gasteiger partial charge in [0.2, 0.25) is 0 Å². The van der Waals surface area contributed by atoms with E-state index in [0.29, 0.717) is 13.2 Å². The largest absolute Gasteiger partial charge is 0.385 e. The molecule has 0 amide bonds. The molecule has 14 heavy (non-hydrogen) atoms. The van der Waals surface area contributed by atoms with Crippen LogP contribution in [0, 0.1) is 0 Å². The van der Waals surface area contributed by atoms with Crippen molar-refractivity contribution in [1.82, 2.24) is 0 Å². The molecule has 0 saturated heterocycles. The van der Waals surface area contributed by atoms with E-state index in [4.69, 9.17) is 9.47 Å². The minimum absolute atomic E-state index is 0.0325. The molecule has 0 N–H and O–H groups in total. The van der Waals surface area contributed by atoms with E-state index in [1.54, 1.807) is 14.0 Å². The van der Waals surface area contributed by atoms with Crippen molar-refractivity contribution in [2.24, 2.45) is 4.99 Å². The monoisotopic (exact) mass is 197 g/mol. The van der Waals surface area contributed by atoms with Crippen molar-refractivity contribution in [3.8, 4) is 0 Å². The number of hydrogen-bond acceptors (Lipinski definition) is 4. The van der Waals surface area contributed by atoms with E-state index in [-0.39, 0.29) is 5.78 Å². The standard InChI is InChI=1S/C10H15NO3/c1-8-10(9(12)4-5-11-8)14-7-3-6-13-2/h4-5,10H,3,6-7H2,1-2H3. The maximum atomic E-state index is 11.3. The number of ketones is 1. The molecule has 1 rings (SSSR count). The van der Waals surface area contributed by atoms with Gasteiger partial charge in [-0.1, -0.05) is 0 Å². The molecule has 0 aliphatic carbocycles. The normalized spacial score (nSPS) is 21.1. The van der Waals surface area contributed by atoms with Crippen molar-refractivity contribution < 1.29 is 14.3 Å². The fourth-order valence-corrected chi connectivity index (χ4v) is 1.20. The van der Waals surface area contributed by atoms with Crippen LogP contribution in [0.4, 0.5) is 0 Å². The molecular formula is C10H15NO3. The third-order valence-corrected chi connectivity index (χ3v) is 1.93. The van der Waals surface area contributed by atoms with Gasteiger partial charge >= 0.3 is 0 Å². The van der Waals surface area contributed by atoms with Crippen LogP contribution in [-0.4, -0.2) is 37.9 Å². The van der Waals surface area contributed by atoms with Crippen LogP contribution in [0.1, 0.15) is 13.3 Å². The summed E-state index contributed by atoms with van der Waals surface area (Å²) in [5.74, 6) is -0.0325. The van der Waals surface area contributed by atoms with Crippen molar-refractivity contribution in [3.63, 3.8) is 0 Å². The highest BCUT2D eigenvalue weighted by molar-refractivity contribution is 6.13. The summed E-state index contributed by atoms with van der Waals surface area (Å²) >= 11 is 0. The molecule has 0 bridgehead atoms. The van der Waals surface area contributed by atoms with Crippen LogP contribution < -0.4 is 0 Å². The van der Waals surface area contributed by atoms with Crippen LogP contribution in [0.5, 0.6) is 0 Å². The predicted molar refractivity (Wildman–Crippen MR) is 53.5 cm³/mol. The number of carbonyl (C=O) groups is 1. The Morgan fingerprint density at radius 1 is 1.50 bits per heavy atom. The van der Waals surface area contributed by atoms with Crippen LogP contribution in [-0.2, 0) is 14.3 Å². The first-order valence-corrected chi connectivity index (χ1v) is 4.61. The summed E-state index contributed by atoms with van der Waals surface area (Å²) in [6, 6.07) is 0. The smallest absolute Gasteiger partial charge is 0.191 e. The molecule has 1 atom stereocenters. The lowest BCUT2D eigenvalue weighted by atomic mass is 10.1. The third-order valence-electron chi connectivity index (χ3n) is 1.93. The molecule has 4 heteroatoms. The van der Waals surface area contributed by atoms with Gasteiger partial charge in [0.05, 0.1) is 12.3 Å². The van der Waals surface area contributed by atoms with Crippen molar-refractivity contribution in [2.45, 2.75) is 19.4 Å². The lowest BCUT2D eigenvalue weighted by Crippen LogP contribution is -2.32. The number of aliphatic imine (C=N–C) groups is 1. The number of hydrogen-bond donors (Lipinski definition) is 0. The second kappa shape index (κ2) is 5.67. The highest BCUT2D eigenvalue weighted by Gasteiger charge is 2.21. The van der Waals surface area contributed by atoms with E-state index < -0.39 is 6.10 Å². The molecule has 1 aliphatic rings. The maximum Gasteiger partial charge on any atom is 0.191 e. The van der Waals surface area contributed by atoms with Crippen LogP contribution in [0.15, 0.2) is 17.3 Å². The Morgan fingerprint density at radius 3 is 2.93 bits per heavy atom. The van der Waals surface area contributed by atoms with Gasteiger partial charge in [-0.05, 0) is 13.3 Å². The Morgan fingerprint density at radius 2 is 2.29 bits per heavy atom. The quantitative estimate of drug-likeness (QED) is 0.617. The summed E-state index contributed by atoms with van der Waals surface area (Å²) < 4.78 is 10.3. The average molecular weight is 197 g/mol. The second-order valence-electron chi connectivity index (χ2n) is 3.09.